The van der Waals surface area contributed by atoms with Crippen LogP contribution in [0, 0.1) is 0 Å². The minimum Gasteiger partial charge on any atom is -0.462 e. The van der Waals surface area contributed by atoms with Crippen LogP contribution in [-0.2, 0) is 42.2 Å². The van der Waals surface area contributed by atoms with E-state index in [0.717, 1.165) is 77.0 Å². The maximum Gasteiger partial charge on any atom is 0.472 e. The quantitative estimate of drug-likeness (QED) is 0.0197. The number of hydrogen-bond donors (Lipinski definition) is 2. The van der Waals surface area contributed by atoms with Crippen LogP contribution in [0.3, 0.4) is 0 Å². The Morgan fingerprint density at radius 1 is 0.397 bits per heavy atom. The number of aliphatic hydroxyl groups is 1. The Hall–Kier alpha value is -1.78. The van der Waals surface area contributed by atoms with Crippen molar-refractivity contribution in [3.8, 4) is 0 Å². The number of ether oxygens (including phenoxy) is 3. The minimum atomic E-state index is -4.73. The van der Waals surface area contributed by atoms with Crippen LogP contribution >= 0.6 is 7.82 Å². The van der Waals surface area contributed by atoms with Crippen molar-refractivity contribution in [3.63, 3.8) is 0 Å². The SMILES string of the molecule is CCCCCCCC/C=C\CCCCCCCC(=O)OCC(COP(=O)(O)OCC(CO)OC(=O)CCCCCCCCCCC)OC(=O)CCCCCCCCCCCCCCCCCCC. The van der Waals surface area contributed by atoms with Gasteiger partial charge in [0.25, 0.3) is 0 Å². The van der Waals surface area contributed by atoms with Gasteiger partial charge in [-0.2, -0.15) is 0 Å². The highest BCUT2D eigenvalue weighted by Crippen LogP contribution is 2.43. The normalized spacial score (nSPS) is 13.4. The highest BCUT2D eigenvalue weighted by molar-refractivity contribution is 7.47. The monoisotopic (exact) mass is 987 g/mol. The summed E-state index contributed by atoms with van der Waals surface area (Å²) in [5, 5.41) is 9.76. The first-order valence-corrected chi connectivity index (χ1v) is 30.1. The first-order valence-electron chi connectivity index (χ1n) is 28.6. The Balaban J connectivity index is 4.68. The number of phosphoric acid groups is 1. The lowest BCUT2D eigenvalue weighted by Crippen LogP contribution is -2.30. The minimum absolute atomic E-state index is 0.174. The molecule has 402 valence electrons. The molecule has 0 saturated carbocycles. The average Bonchev–Trinajstić information content (AvgIpc) is 3.32. The Morgan fingerprint density at radius 3 is 1.01 bits per heavy atom. The molecule has 12 heteroatoms. The predicted molar refractivity (Wildman–Crippen MR) is 280 cm³/mol. The van der Waals surface area contributed by atoms with E-state index in [0.29, 0.717) is 19.3 Å². The zero-order valence-electron chi connectivity index (χ0n) is 44.4. The second-order valence-corrected chi connectivity index (χ2v) is 20.9. The summed E-state index contributed by atoms with van der Waals surface area (Å²) >= 11 is 0. The van der Waals surface area contributed by atoms with Crippen molar-refractivity contribution in [1.82, 2.24) is 0 Å². The summed E-state index contributed by atoms with van der Waals surface area (Å²) in [4.78, 5) is 48.4. The third kappa shape index (κ3) is 49.2. The van der Waals surface area contributed by atoms with Gasteiger partial charge in [0.2, 0.25) is 0 Å². The van der Waals surface area contributed by atoms with E-state index in [1.165, 1.54) is 154 Å². The van der Waals surface area contributed by atoms with Crippen molar-refractivity contribution in [3.05, 3.63) is 12.2 Å². The summed E-state index contributed by atoms with van der Waals surface area (Å²) in [7, 11) is -4.73. The van der Waals surface area contributed by atoms with Gasteiger partial charge in [-0.1, -0.05) is 238 Å². The smallest absolute Gasteiger partial charge is 0.462 e. The Kier molecular flexibility index (Phi) is 50.2. The van der Waals surface area contributed by atoms with Crippen LogP contribution in [0.4, 0.5) is 0 Å². The van der Waals surface area contributed by atoms with E-state index in [-0.39, 0.29) is 25.9 Å². The second-order valence-electron chi connectivity index (χ2n) is 19.5. The average molecular weight is 987 g/mol. The van der Waals surface area contributed by atoms with Crippen molar-refractivity contribution in [2.75, 3.05) is 26.4 Å². The van der Waals surface area contributed by atoms with Gasteiger partial charge >= 0.3 is 25.7 Å². The lowest BCUT2D eigenvalue weighted by Gasteiger charge is -2.21. The van der Waals surface area contributed by atoms with Gasteiger partial charge in [0.05, 0.1) is 19.8 Å². The summed E-state index contributed by atoms with van der Waals surface area (Å²) in [6.45, 7) is 4.65. The highest BCUT2D eigenvalue weighted by atomic mass is 31.2. The van der Waals surface area contributed by atoms with Gasteiger partial charge < -0.3 is 24.2 Å². The van der Waals surface area contributed by atoms with Crippen LogP contribution in [0.5, 0.6) is 0 Å². The molecule has 0 fully saturated rings. The molecule has 0 saturated heterocycles. The molecule has 0 aliphatic carbocycles. The van der Waals surface area contributed by atoms with Crippen molar-refractivity contribution in [2.45, 2.75) is 303 Å². The molecule has 11 nitrogen and oxygen atoms in total. The van der Waals surface area contributed by atoms with Crippen molar-refractivity contribution >= 4 is 25.7 Å². The number of carbonyl (C=O) groups is 3. The van der Waals surface area contributed by atoms with Crippen molar-refractivity contribution in [2.24, 2.45) is 0 Å². The molecule has 0 aromatic rings. The first kappa shape index (κ1) is 66.2. The fraction of sp³-hybridized carbons (Fsp3) is 0.911. The molecular formula is C56H107O11P. The summed E-state index contributed by atoms with van der Waals surface area (Å²) in [5.41, 5.74) is 0. The van der Waals surface area contributed by atoms with Crippen LogP contribution in [0.15, 0.2) is 12.2 Å². The van der Waals surface area contributed by atoms with E-state index in [4.69, 9.17) is 23.3 Å². The standard InChI is InChI=1S/C56H107O11P/c1-4-7-10-13-16-19-21-23-25-26-28-30-32-35-38-41-44-47-56(60)67-53(49-63-54(58)45-42-39-36-34-31-29-27-24-22-20-17-14-11-8-5-2)51-65-68(61,62)64-50-52(48-57)66-55(59)46-43-40-37-33-18-15-12-9-6-3/h24,27,52-53,57H,4-23,25-26,28-51H2,1-3H3,(H,61,62)/b27-24-. The summed E-state index contributed by atoms with van der Waals surface area (Å²) in [6, 6.07) is 0. The number of rotatable bonds is 54. The van der Waals surface area contributed by atoms with Crippen LogP contribution in [0.2, 0.25) is 0 Å². The van der Waals surface area contributed by atoms with Crippen LogP contribution in [0.25, 0.3) is 0 Å². The third-order valence-electron chi connectivity index (χ3n) is 12.7. The molecule has 0 aromatic heterocycles. The Labute approximate surface area is 417 Å². The molecule has 3 unspecified atom stereocenters. The molecule has 0 amide bonds. The zero-order valence-corrected chi connectivity index (χ0v) is 45.2. The lowest BCUT2D eigenvalue weighted by atomic mass is 10.0. The lowest BCUT2D eigenvalue weighted by molar-refractivity contribution is -0.161. The van der Waals surface area contributed by atoms with Gasteiger partial charge in [0.15, 0.2) is 6.10 Å². The molecule has 0 radical (unpaired) electrons. The third-order valence-corrected chi connectivity index (χ3v) is 13.6. The molecule has 0 heterocycles. The van der Waals surface area contributed by atoms with E-state index < -0.39 is 57.8 Å². The number of unbranched alkanes of at least 4 members (excludes halogenated alkanes) is 35. The van der Waals surface area contributed by atoms with Crippen LogP contribution in [0.1, 0.15) is 290 Å². The summed E-state index contributed by atoms with van der Waals surface area (Å²) in [6.07, 6.45) is 48.9. The van der Waals surface area contributed by atoms with E-state index in [1.807, 2.05) is 0 Å². The number of hydrogen-bond acceptors (Lipinski definition) is 10. The molecule has 0 spiro atoms. The second kappa shape index (κ2) is 51.6. The predicted octanol–water partition coefficient (Wildman–Crippen LogP) is 16.5. The highest BCUT2D eigenvalue weighted by Gasteiger charge is 2.28. The van der Waals surface area contributed by atoms with Gasteiger partial charge in [0, 0.05) is 19.3 Å². The van der Waals surface area contributed by atoms with Gasteiger partial charge in [0.1, 0.15) is 12.7 Å². The molecule has 0 bridgehead atoms. The Bertz CT molecular complexity index is 1200. The van der Waals surface area contributed by atoms with Crippen molar-refractivity contribution < 1.29 is 52.2 Å². The molecule has 0 aliphatic heterocycles. The fourth-order valence-electron chi connectivity index (χ4n) is 8.29. The molecule has 0 aromatic carbocycles. The van der Waals surface area contributed by atoms with E-state index in [2.05, 4.69) is 32.9 Å². The Morgan fingerprint density at radius 2 is 0.676 bits per heavy atom. The molecule has 3 atom stereocenters. The van der Waals surface area contributed by atoms with E-state index in [1.54, 1.807) is 0 Å². The van der Waals surface area contributed by atoms with Crippen molar-refractivity contribution in [1.29, 1.82) is 0 Å². The van der Waals surface area contributed by atoms with Gasteiger partial charge in [-0.15, -0.1) is 0 Å². The fourth-order valence-corrected chi connectivity index (χ4v) is 9.08. The van der Waals surface area contributed by atoms with Crippen LogP contribution < -0.4 is 0 Å². The number of aliphatic hydroxyl groups excluding tert-OH is 1. The number of carbonyl (C=O) groups excluding carboxylic acids is 3. The molecular weight excluding hydrogens is 880 g/mol. The van der Waals surface area contributed by atoms with Gasteiger partial charge in [-0.05, 0) is 44.9 Å². The van der Waals surface area contributed by atoms with Gasteiger partial charge in [-0.3, -0.25) is 23.4 Å². The molecule has 0 aliphatic rings. The number of allylic oxidation sites excluding steroid dienone is 2. The van der Waals surface area contributed by atoms with E-state index in [9.17, 15) is 28.9 Å². The molecule has 68 heavy (non-hydrogen) atoms. The van der Waals surface area contributed by atoms with E-state index >= 15 is 0 Å². The first-order chi connectivity index (χ1) is 33.2. The maximum absolute atomic E-state index is 12.9. The van der Waals surface area contributed by atoms with Gasteiger partial charge in [-0.25, -0.2) is 4.57 Å². The largest absolute Gasteiger partial charge is 0.472 e. The zero-order chi connectivity index (χ0) is 49.9. The number of esters is 3. The maximum atomic E-state index is 12.9. The number of phosphoric ester groups is 1. The topological polar surface area (TPSA) is 155 Å². The summed E-state index contributed by atoms with van der Waals surface area (Å²) in [5.74, 6) is -1.45. The molecule has 2 N–H and O–H groups in total. The summed E-state index contributed by atoms with van der Waals surface area (Å²) < 4.78 is 39.4. The van der Waals surface area contributed by atoms with Crippen LogP contribution in [-0.4, -0.2) is 66.5 Å². The molecule has 0 rings (SSSR count).